The van der Waals surface area contributed by atoms with E-state index in [1.54, 1.807) is 18.2 Å². The molecule has 11 heteroatoms. The summed E-state index contributed by atoms with van der Waals surface area (Å²) >= 11 is 13.2. The van der Waals surface area contributed by atoms with Crippen LogP contribution >= 0.6 is 23.2 Å². The third-order valence-corrected chi connectivity index (χ3v) is 13.6. The Morgan fingerprint density at radius 1 is 1.08 bits per heavy atom. The molecule has 4 aliphatic heterocycles. The van der Waals surface area contributed by atoms with Crippen LogP contribution in [0.25, 0.3) is 32.9 Å². The van der Waals surface area contributed by atoms with E-state index < -0.39 is 5.82 Å². The van der Waals surface area contributed by atoms with Crippen LogP contribution in [0.5, 0.6) is 0 Å². The average Bonchev–Trinajstić information content (AvgIpc) is 3.43. The number of aryl methyl sites for hydroxylation is 3. The SMILES string of the molecule is Cc1cccnc1N1C[C@@H]2C[C@H](C1)N(C(=O)C1CC1)[C@H]2c1cc2c(C)nc3c(F)c(-c4cccc(Cl)c4Cl)c(CCC#N)cc3c2n1[C@H]1[C@H]2CN[C@@H]1C2. The number of piperidine rings is 1. The number of benzene rings is 2. The Morgan fingerprint density at radius 3 is 2.66 bits per heavy atom. The van der Waals surface area contributed by atoms with E-state index in [9.17, 15) is 10.1 Å². The van der Waals surface area contributed by atoms with Crippen molar-refractivity contribution in [3.63, 3.8) is 0 Å². The lowest BCUT2D eigenvalue weighted by Gasteiger charge is -2.40. The van der Waals surface area contributed by atoms with Gasteiger partial charge >= 0.3 is 0 Å². The van der Waals surface area contributed by atoms with E-state index >= 15 is 4.39 Å². The minimum atomic E-state index is -0.461. The van der Waals surface area contributed by atoms with E-state index in [2.05, 4.69) is 44.8 Å². The van der Waals surface area contributed by atoms with Gasteiger partial charge in [0.15, 0.2) is 5.82 Å². The minimum absolute atomic E-state index is 0.0759. The summed E-state index contributed by atoms with van der Waals surface area (Å²) in [7, 11) is 0. The third kappa shape index (κ3) is 5.05. The summed E-state index contributed by atoms with van der Waals surface area (Å²) in [6.07, 6.45) is 6.35. The van der Waals surface area contributed by atoms with Crippen LogP contribution in [0.2, 0.25) is 10.0 Å². The Morgan fingerprint density at radius 2 is 1.92 bits per heavy atom. The first kappa shape index (κ1) is 33.3. The predicted molar refractivity (Wildman–Crippen MR) is 206 cm³/mol. The van der Waals surface area contributed by atoms with E-state index in [0.29, 0.717) is 40.1 Å². The Bertz CT molecular complexity index is 2390. The molecule has 5 aromatic rings. The molecule has 0 radical (unpaired) electrons. The molecular formula is C42H40Cl2FN7O. The second-order valence-electron chi connectivity index (χ2n) is 15.9. The molecular weight excluding hydrogens is 708 g/mol. The van der Waals surface area contributed by atoms with Gasteiger partial charge in [0.1, 0.15) is 11.3 Å². The zero-order valence-electron chi connectivity index (χ0n) is 29.7. The van der Waals surface area contributed by atoms with Gasteiger partial charge in [0.25, 0.3) is 0 Å². The number of nitriles is 1. The Labute approximate surface area is 317 Å². The van der Waals surface area contributed by atoms with Gasteiger partial charge in [-0.15, -0.1) is 0 Å². The van der Waals surface area contributed by atoms with Crippen molar-refractivity contribution in [1.82, 2.24) is 24.8 Å². The van der Waals surface area contributed by atoms with Crippen molar-refractivity contribution in [1.29, 1.82) is 5.26 Å². The molecule has 270 valence electrons. The Kier molecular flexibility index (Phi) is 7.81. The molecule has 4 saturated heterocycles. The number of fused-ring (bicyclic) bond motifs is 6. The van der Waals surface area contributed by atoms with Gasteiger partial charge in [0.05, 0.1) is 39.8 Å². The average molecular weight is 749 g/mol. The standard InChI is InChI=1S/C42H40Cl2FN7O/c1-21-6-5-13-47-41(21)50-19-26-14-27(20-50)51(42(53)23-10-11-23)39(26)33-17-29-22(2)49-37-30(40(29)52(33)38-25-16-32(38)48-18-25)15-24(7-4-12-46)34(36(37)45)28-8-3-9-31(43)35(28)44/h3,5-6,8-9,13,15,17,23,25-27,32,38-39,48H,4,7,10-11,14,16,18-20H2,1-2H3/t25-,26+,27-,32-,38+,39-/m1/s1. The van der Waals surface area contributed by atoms with Crippen molar-refractivity contribution in [3.8, 4) is 17.2 Å². The van der Waals surface area contributed by atoms with Crippen molar-refractivity contribution in [2.75, 3.05) is 24.5 Å². The van der Waals surface area contributed by atoms with Gasteiger partial charge in [-0.25, -0.2) is 14.4 Å². The van der Waals surface area contributed by atoms with Crippen LogP contribution in [0.1, 0.15) is 66.7 Å². The number of hydrogen-bond donors (Lipinski definition) is 1. The molecule has 2 saturated carbocycles. The molecule has 6 aliphatic rings. The van der Waals surface area contributed by atoms with Gasteiger partial charge in [-0.1, -0.05) is 41.4 Å². The normalized spacial score (nSPS) is 26.0. The summed E-state index contributed by atoms with van der Waals surface area (Å²) in [5.74, 6) is 1.51. The number of anilines is 1. The topological polar surface area (TPSA) is 90.1 Å². The van der Waals surface area contributed by atoms with Gasteiger partial charge in [0.2, 0.25) is 5.91 Å². The fourth-order valence-corrected chi connectivity index (χ4v) is 10.7. The lowest BCUT2D eigenvalue weighted by Crippen LogP contribution is -2.45. The van der Waals surface area contributed by atoms with Gasteiger partial charge in [-0.3, -0.25) is 4.79 Å². The van der Waals surface area contributed by atoms with Crippen LogP contribution in [0.4, 0.5) is 10.2 Å². The molecule has 4 bridgehead atoms. The van der Waals surface area contributed by atoms with Crippen molar-refractivity contribution in [2.45, 2.75) is 76.5 Å². The molecule has 11 rings (SSSR count). The number of nitrogens with zero attached hydrogens (tertiary/aromatic N) is 6. The Balaban J connectivity index is 1.22. The van der Waals surface area contributed by atoms with E-state index in [0.717, 1.165) is 84.4 Å². The quantitative estimate of drug-likeness (QED) is 0.180. The highest BCUT2D eigenvalue weighted by Gasteiger charge is 2.55. The monoisotopic (exact) mass is 747 g/mol. The van der Waals surface area contributed by atoms with E-state index in [4.69, 9.17) is 33.2 Å². The lowest BCUT2D eigenvalue weighted by atomic mass is 9.79. The third-order valence-electron chi connectivity index (χ3n) is 12.8. The van der Waals surface area contributed by atoms with Gasteiger partial charge in [-0.2, -0.15) is 5.26 Å². The zero-order valence-corrected chi connectivity index (χ0v) is 31.3. The molecule has 1 N–H and O–H groups in total. The largest absolute Gasteiger partial charge is 0.354 e. The first-order valence-electron chi connectivity index (χ1n) is 18.9. The number of likely N-dealkylation sites (tertiary alicyclic amines) is 1. The maximum Gasteiger partial charge on any atom is 0.226 e. The number of carbonyl (C=O) groups excluding carboxylic acids is 1. The van der Waals surface area contributed by atoms with Crippen LogP contribution in [-0.2, 0) is 11.2 Å². The fourth-order valence-electron chi connectivity index (χ4n) is 10.3. The van der Waals surface area contributed by atoms with Crippen LogP contribution in [-0.4, -0.2) is 57.1 Å². The van der Waals surface area contributed by atoms with Gasteiger partial charge in [0, 0.05) is 83.4 Å². The molecule has 6 atom stereocenters. The Hall–Kier alpha value is -4.23. The number of halogens is 3. The van der Waals surface area contributed by atoms with E-state index in [-0.39, 0.29) is 52.8 Å². The highest BCUT2D eigenvalue weighted by atomic mass is 35.5. The number of carbonyl (C=O) groups is 1. The van der Waals surface area contributed by atoms with Crippen molar-refractivity contribution in [2.24, 2.45) is 17.8 Å². The van der Waals surface area contributed by atoms with Crippen LogP contribution in [0.3, 0.4) is 0 Å². The lowest BCUT2D eigenvalue weighted by molar-refractivity contribution is -0.135. The number of pyridine rings is 2. The molecule has 7 heterocycles. The van der Waals surface area contributed by atoms with Gasteiger partial charge in [-0.05, 0) is 87.3 Å². The highest BCUT2D eigenvalue weighted by molar-refractivity contribution is 6.43. The number of nitrogens with one attached hydrogen (secondary N) is 1. The smallest absolute Gasteiger partial charge is 0.226 e. The number of aromatic nitrogens is 3. The van der Waals surface area contributed by atoms with Gasteiger partial charge < -0.3 is 19.7 Å². The van der Waals surface area contributed by atoms with Crippen molar-refractivity contribution < 1.29 is 9.18 Å². The molecule has 8 nitrogen and oxygen atoms in total. The van der Waals surface area contributed by atoms with Crippen molar-refractivity contribution in [3.05, 3.63) is 87.0 Å². The number of rotatable bonds is 7. The summed E-state index contributed by atoms with van der Waals surface area (Å²) in [5, 5.41) is 15.7. The second-order valence-corrected chi connectivity index (χ2v) is 16.7. The molecule has 53 heavy (non-hydrogen) atoms. The van der Waals surface area contributed by atoms with E-state index in [1.165, 1.54) is 0 Å². The summed E-state index contributed by atoms with van der Waals surface area (Å²) < 4.78 is 19.8. The summed E-state index contributed by atoms with van der Waals surface area (Å²) in [6, 6.07) is 16.3. The van der Waals surface area contributed by atoms with Crippen LogP contribution < -0.4 is 10.2 Å². The number of hydrogen-bond acceptors (Lipinski definition) is 6. The summed E-state index contributed by atoms with van der Waals surface area (Å²) in [4.78, 5) is 28.8. The predicted octanol–water partition coefficient (Wildman–Crippen LogP) is 8.49. The molecule has 1 amide bonds. The van der Waals surface area contributed by atoms with Crippen LogP contribution in [0, 0.1) is 48.7 Å². The summed E-state index contributed by atoms with van der Waals surface area (Å²) in [6.45, 7) is 6.57. The maximum absolute atomic E-state index is 17.3. The highest BCUT2D eigenvalue weighted by Crippen LogP contribution is 2.54. The molecule has 0 unspecified atom stereocenters. The zero-order chi connectivity index (χ0) is 36.3. The van der Waals surface area contributed by atoms with Crippen molar-refractivity contribution >= 4 is 56.7 Å². The van der Waals surface area contributed by atoms with E-state index in [1.807, 2.05) is 25.3 Å². The molecule has 0 spiro atoms. The molecule has 6 fully saturated rings. The first-order valence-corrected chi connectivity index (χ1v) is 19.7. The maximum atomic E-state index is 17.3. The molecule has 2 aliphatic carbocycles. The summed E-state index contributed by atoms with van der Waals surface area (Å²) in [5.41, 5.74) is 5.77. The number of amides is 1. The minimum Gasteiger partial charge on any atom is -0.354 e. The first-order chi connectivity index (χ1) is 25.7. The second kappa shape index (κ2) is 12.4. The fraction of sp³-hybridized carbons (Fsp3) is 0.429. The molecule has 3 aromatic heterocycles. The molecule has 2 aromatic carbocycles. The van der Waals surface area contributed by atoms with Crippen LogP contribution in [0.15, 0.2) is 48.7 Å².